The van der Waals surface area contributed by atoms with Crippen LogP contribution in [0.15, 0.2) is 54.9 Å². The van der Waals surface area contributed by atoms with Crippen LogP contribution in [0.3, 0.4) is 0 Å². The van der Waals surface area contributed by atoms with Crippen molar-refractivity contribution in [1.82, 2.24) is 20.4 Å². The number of H-pyrrole nitrogens is 1. The minimum absolute atomic E-state index is 0.0578. The Morgan fingerprint density at radius 2 is 2.11 bits per heavy atom. The molecule has 1 saturated heterocycles. The molecule has 184 valence electrons. The van der Waals surface area contributed by atoms with Gasteiger partial charge in [0.15, 0.2) is 0 Å². The normalized spacial score (nSPS) is 20.7. The minimum Gasteiger partial charge on any atom is -0.496 e. The number of nitrogens with zero attached hydrogens (tertiary/aromatic N) is 2. The van der Waals surface area contributed by atoms with Crippen LogP contribution in [-0.2, 0) is 4.74 Å². The maximum atomic E-state index is 13.7. The molecule has 0 radical (unpaired) electrons. The zero-order chi connectivity index (χ0) is 24.4. The minimum atomic E-state index is -0.723. The molecule has 2 heterocycles. The Balaban J connectivity index is 1.39. The topological polar surface area (TPSA) is 99.7 Å². The van der Waals surface area contributed by atoms with Gasteiger partial charge in [0.25, 0.3) is 5.91 Å². The first-order valence-electron chi connectivity index (χ1n) is 12.1. The van der Waals surface area contributed by atoms with Crippen molar-refractivity contribution in [1.29, 1.82) is 0 Å². The van der Waals surface area contributed by atoms with Crippen molar-refractivity contribution in [3.05, 3.63) is 71.5 Å². The lowest BCUT2D eigenvalue weighted by atomic mass is 9.99. The molecule has 2 aliphatic rings. The second-order valence-electron chi connectivity index (χ2n) is 9.39. The van der Waals surface area contributed by atoms with E-state index in [0.717, 1.165) is 28.8 Å². The first kappa shape index (κ1) is 23.5. The number of aromatic amines is 1. The van der Waals surface area contributed by atoms with Gasteiger partial charge in [-0.2, -0.15) is 5.10 Å². The summed E-state index contributed by atoms with van der Waals surface area (Å²) in [6.07, 6.45) is 5.88. The molecule has 2 aromatic carbocycles. The quantitative estimate of drug-likeness (QED) is 0.408. The van der Waals surface area contributed by atoms with E-state index in [2.05, 4.69) is 15.5 Å². The maximum Gasteiger partial charge on any atom is 0.254 e. The van der Waals surface area contributed by atoms with E-state index in [1.165, 1.54) is 12.8 Å². The molecule has 3 N–H and O–H groups in total. The van der Waals surface area contributed by atoms with Gasteiger partial charge in [-0.05, 0) is 60.6 Å². The van der Waals surface area contributed by atoms with Crippen LogP contribution in [0, 0.1) is 5.92 Å². The fourth-order valence-corrected chi connectivity index (χ4v) is 4.79. The summed E-state index contributed by atoms with van der Waals surface area (Å²) in [6, 6.07) is 13.2. The van der Waals surface area contributed by atoms with Crippen LogP contribution in [0.2, 0.25) is 0 Å². The molecule has 1 aromatic heterocycles. The molecule has 1 aliphatic heterocycles. The number of hydrogen-bond donors (Lipinski definition) is 3. The molecule has 0 spiro atoms. The molecular formula is C27H32N4O4. The largest absolute Gasteiger partial charge is 0.496 e. The van der Waals surface area contributed by atoms with Crippen molar-refractivity contribution in [3.63, 3.8) is 0 Å². The third-order valence-corrected chi connectivity index (χ3v) is 7.02. The Bertz CT molecular complexity index is 1160. The summed E-state index contributed by atoms with van der Waals surface area (Å²) in [5.74, 6) is 1.21. The number of amides is 1. The molecule has 8 heteroatoms. The Kier molecular flexibility index (Phi) is 6.86. The maximum absolute atomic E-state index is 13.7. The van der Waals surface area contributed by atoms with Gasteiger partial charge in [-0.15, -0.1) is 0 Å². The third-order valence-electron chi connectivity index (χ3n) is 7.02. The van der Waals surface area contributed by atoms with Crippen molar-refractivity contribution >= 4 is 5.91 Å². The van der Waals surface area contributed by atoms with Crippen molar-refractivity contribution < 1.29 is 19.4 Å². The number of aliphatic hydroxyl groups is 1. The van der Waals surface area contributed by atoms with Gasteiger partial charge >= 0.3 is 0 Å². The second kappa shape index (κ2) is 10.2. The van der Waals surface area contributed by atoms with Crippen LogP contribution in [0.1, 0.15) is 53.0 Å². The van der Waals surface area contributed by atoms with Gasteiger partial charge in [0.2, 0.25) is 0 Å². The summed E-state index contributed by atoms with van der Waals surface area (Å²) in [5.41, 5.74) is 4.11. The van der Waals surface area contributed by atoms with Gasteiger partial charge in [-0.1, -0.05) is 18.2 Å². The van der Waals surface area contributed by atoms with E-state index in [4.69, 9.17) is 9.47 Å². The summed E-state index contributed by atoms with van der Waals surface area (Å²) >= 11 is 0. The number of likely N-dealkylation sites (tertiary alicyclic amines) is 1. The van der Waals surface area contributed by atoms with E-state index in [1.807, 2.05) is 41.3 Å². The number of aliphatic hydroxyl groups excluding tert-OH is 1. The van der Waals surface area contributed by atoms with Crippen molar-refractivity contribution in [2.24, 2.45) is 5.92 Å². The summed E-state index contributed by atoms with van der Waals surface area (Å²) in [5, 5.41) is 20.7. The highest BCUT2D eigenvalue weighted by Crippen LogP contribution is 2.37. The van der Waals surface area contributed by atoms with E-state index in [-0.39, 0.29) is 18.1 Å². The number of nitrogens with one attached hydrogen (secondary N) is 2. The average Bonchev–Trinajstić information content (AvgIpc) is 3.38. The second-order valence-corrected chi connectivity index (χ2v) is 9.39. The molecule has 1 amide bonds. The fourth-order valence-electron chi connectivity index (χ4n) is 4.79. The molecule has 5 rings (SSSR count). The monoisotopic (exact) mass is 476 g/mol. The summed E-state index contributed by atoms with van der Waals surface area (Å²) in [7, 11) is 3.28. The molecule has 1 aliphatic carbocycles. The van der Waals surface area contributed by atoms with Gasteiger partial charge in [0.05, 0.1) is 25.5 Å². The lowest BCUT2D eigenvalue weighted by Crippen LogP contribution is -2.32. The number of hydrogen-bond acceptors (Lipinski definition) is 6. The van der Waals surface area contributed by atoms with Gasteiger partial charge in [0, 0.05) is 43.1 Å². The fraction of sp³-hybridized carbons (Fsp3) is 0.407. The van der Waals surface area contributed by atoms with Crippen LogP contribution in [-0.4, -0.2) is 59.5 Å². The number of rotatable bonds is 9. The predicted octanol–water partition coefficient (Wildman–Crippen LogP) is 3.68. The first-order chi connectivity index (χ1) is 17.1. The van der Waals surface area contributed by atoms with E-state index in [0.29, 0.717) is 30.2 Å². The lowest BCUT2D eigenvalue weighted by molar-refractivity contribution is 0.0687. The predicted molar refractivity (Wildman–Crippen MR) is 132 cm³/mol. The summed E-state index contributed by atoms with van der Waals surface area (Å²) in [6.45, 7) is 1.32. The van der Waals surface area contributed by atoms with E-state index < -0.39 is 6.23 Å². The summed E-state index contributed by atoms with van der Waals surface area (Å²) < 4.78 is 11.2. The Morgan fingerprint density at radius 1 is 1.26 bits per heavy atom. The average molecular weight is 477 g/mol. The van der Waals surface area contributed by atoms with Crippen LogP contribution >= 0.6 is 0 Å². The van der Waals surface area contributed by atoms with E-state index >= 15 is 0 Å². The number of benzene rings is 2. The van der Waals surface area contributed by atoms with Crippen LogP contribution in [0.5, 0.6) is 5.75 Å². The Labute approximate surface area is 205 Å². The smallest absolute Gasteiger partial charge is 0.254 e. The van der Waals surface area contributed by atoms with E-state index in [1.54, 1.807) is 32.7 Å². The highest BCUT2D eigenvalue weighted by molar-refractivity contribution is 5.96. The van der Waals surface area contributed by atoms with Crippen molar-refractivity contribution in [2.45, 2.75) is 37.6 Å². The van der Waals surface area contributed by atoms with Gasteiger partial charge in [-0.25, -0.2) is 0 Å². The molecule has 0 bridgehead atoms. The molecule has 35 heavy (non-hydrogen) atoms. The lowest BCUT2D eigenvalue weighted by Gasteiger charge is -2.26. The zero-order valence-electron chi connectivity index (χ0n) is 20.1. The van der Waals surface area contributed by atoms with E-state index in [9.17, 15) is 9.90 Å². The van der Waals surface area contributed by atoms with Crippen LogP contribution in [0.4, 0.5) is 0 Å². The standard InChI is InChI=1S/C27H32N4O4/c1-34-22-12-24(18-4-3-5-19(10-18)26(32)28-13-17-6-7-17)31(16-22)27(33)20-8-9-23(25(11-20)35-2)21-14-29-30-15-21/h3-5,8-11,14-15,17,22,24,26,28,32H,6-7,12-13,16H2,1-2H3,(H,29,30)/t22?,24-,26?/m1/s1. The molecule has 1 saturated carbocycles. The molecule has 3 atom stereocenters. The first-order valence-corrected chi connectivity index (χ1v) is 12.1. The molecule has 8 nitrogen and oxygen atoms in total. The number of aromatic nitrogens is 2. The summed E-state index contributed by atoms with van der Waals surface area (Å²) in [4.78, 5) is 15.6. The van der Waals surface area contributed by atoms with Crippen LogP contribution in [0.25, 0.3) is 11.1 Å². The number of ether oxygens (including phenoxy) is 2. The Hall–Kier alpha value is -3.20. The number of carbonyl (C=O) groups is 1. The van der Waals surface area contributed by atoms with Crippen LogP contribution < -0.4 is 10.1 Å². The molecular weight excluding hydrogens is 444 g/mol. The molecule has 2 unspecified atom stereocenters. The van der Waals surface area contributed by atoms with Gasteiger partial charge < -0.3 is 19.5 Å². The highest BCUT2D eigenvalue weighted by atomic mass is 16.5. The molecule has 3 aromatic rings. The number of methoxy groups -OCH3 is 2. The van der Waals surface area contributed by atoms with Gasteiger partial charge in [0.1, 0.15) is 12.0 Å². The zero-order valence-corrected chi connectivity index (χ0v) is 20.1. The highest BCUT2D eigenvalue weighted by Gasteiger charge is 2.37. The third kappa shape index (κ3) is 5.10. The van der Waals surface area contributed by atoms with Crippen molar-refractivity contribution in [3.8, 4) is 16.9 Å². The Morgan fingerprint density at radius 3 is 2.83 bits per heavy atom. The number of carbonyl (C=O) groups excluding carboxylic acids is 1. The molecule has 2 fully saturated rings. The van der Waals surface area contributed by atoms with Crippen molar-refractivity contribution in [2.75, 3.05) is 27.3 Å². The van der Waals surface area contributed by atoms with Gasteiger partial charge in [-0.3, -0.25) is 15.2 Å². The SMILES string of the molecule is COc1cc(C(=O)N2CC(OC)C[C@@H]2c2cccc(C(O)NCC3CC3)c2)ccc1-c1cn[nH]c1.